The van der Waals surface area contributed by atoms with Gasteiger partial charge in [-0.25, -0.2) is 4.57 Å². The summed E-state index contributed by atoms with van der Waals surface area (Å²) in [5.41, 5.74) is 1.04. The van der Waals surface area contributed by atoms with Crippen LogP contribution in [-0.4, -0.2) is 56.0 Å². The number of rotatable bonds is 25. The molecule has 0 aliphatic heterocycles. The summed E-state index contributed by atoms with van der Waals surface area (Å²) < 4.78 is 28.5. The molecule has 0 fully saturated rings. The molecule has 1 rings (SSSR count). The zero-order valence-corrected chi connectivity index (χ0v) is 25.4. The van der Waals surface area contributed by atoms with Crippen molar-refractivity contribution in [3.05, 3.63) is 29.8 Å². The van der Waals surface area contributed by atoms with Gasteiger partial charge >= 0.3 is 7.82 Å². The van der Waals surface area contributed by atoms with Gasteiger partial charge in [0.25, 0.3) is 0 Å². The molecule has 0 spiro atoms. The molecule has 2 atom stereocenters. The fourth-order valence-electron chi connectivity index (χ4n) is 4.30. The van der Waals surface area contributed by atoms with Gasteiger partial charge in [-0.2, -0.15) is 0 Å². The van der Waals surface area contributed by atoms with Gasteiger partial charge in [-0.15, -0.1) is 0 Å². The maximum atomic E-state index is 12.3. The molecule has 8 heteroatoms. The molecule has 2 unspecified atom stereocenters. The number of ether oxygens (including phenoxy) is 1. The van der Waals surface area contributed by atoms with Crippen LogP contribution in [0.5, 0.6) is 5.75 Å². The SMILES string of the molecule is CCCCCCCCCCCCOc1ccc(CC(COP(=O)(O)OCCN(C)C)CC(=O)CCC)cc1. The van der Waals surface area contributed by atoms with E-state index in [-0.39, 0.29) is 24.9 Å². The van der Waals surface area contributed by atoms with Crippen molar-refractivity contribution in [1.29, 1.82) is 0 Å². The first-order chi connectivity index (χ1) is 18.3. The normalized spacial score (nSPS) is 13.9. The second-order valence-corrected chi connectivity index (χ2v) is 12.1. The standard InChI is InChI=1S/C30H54NO6P/c1-5-7-8-9-10-11-12-13-14-15-22-35-30-19-17-27(18-20-30)24-28(25-29(32)16-6-2)26-37-38(33,34)36-23-21-31(3)4/h17-20,28H,5-16,21-26H2,1-4H3,(H,33,34). The van der Waals surface area contributed by atoms with E-state index in [1.807, 2.05) is 50.2 Å². The van der Waals surface area contributed by atoms with Crippen LogP contribution in [0.1, 0.15) is 103 Å². The number of hydrogen-bond acceptors (Lipinski definition) is 6. The minimum Gasteiger partial charge on any atom is -0.494 e. The Labute approximate surface area is 232 Å². The van der Waals surface area contributed by atoms with Crippen LogP contribution in [0.4, 0.5) is 0 Å². The number of phosphoric acid groups is 1. The number of carbonyl (C=O) groups is 1. The summed E-state index contributed by atoms with van der Waals surface area (Å²) in [6.07, 6.45) is 15.2. The van der Waals surface area contributed by atoms with E-state index >= 15 is 0 Å². The Morgan fingerprint density at radius 2 is 1.47 bits per heavy atom. The maximum Gasteiger partial charge on any atom is 0.472 e. The van der Waals surface area contributed by atoms with Crippen molar-refractivity contribution >= 4 is 13.6 Å². The number of hydrogen-bond donors (Lipinski definition) is 1. The number of Topliss-reactive ketones (excluding diaryl/α,β-unsaturated/α-hetero) is 1. The first-order valence-electron chi connectivity index (χ1n) is 14.8. The summed E-state index contributed by atoms with van der Waals surface area (Å²) in [7, 11) is -0.448. The van der Waals surface area contributed by atoms with Crippen LogP contribution in [0.2, 0.25) is 0 Å². The molecular weight excluding hydrogens is 501 g/mol. The third-order valence-electron chi connectivity index (χ3n) is 6.53. The molecule has 0 aliphatic carbocycles. The van der Waals surface area contributed by atoms with Gasteiger partial charge in [0, 0.05) is 19.4 Å². The highest BCUT2D eigenvalue weighted by atomic mass is 31.2. The highest BCUT2D eigenvalue weighted by molar-refractivity contribution is 7.47. The molecule has 1 aromatic rings. The number of unbranched alkanes of at least 4 members (excludes halogenated alkanes) is 9. The number of carbonyl (C=O) groups excluding carboxylic acids is 1. The van der Waals surface area contributed by atoms with Crippen LogP contribution in [0.25, 0.3) is 0 Å². The smallest absolute Gasteiger partial charge is 0.472 e. The zero-order chi connectivity index (χ0) is 28.1. The van der Waals surface area contributed by atoms with Crippen LogP contribution in [0.15, 0.2) is 24.3 Å². The molecule has 0 saturated carbocycles. The van der Waals surface area contributed by atoms with Crippen LogP contribution >= 0.6 is 7.82 Å². The molecule has 0 amide bonds. The predicted molar refractivity (Wildman–Crippen MR) is 156 cm³/mol. The number of benzene rings is 1. The Balaban J connectivity index is 2.41. The summed E-state index contributed by atoms with van der Waals surface area (Å²) in [6.45, 7) is 5.55. The summed E-state index contributed by atoms with van der Waals surface area (Å²) in [5, 5.41) is 0. The molecular formula is C30H54NO6P. The number of phosphoric ester groups is 1. The van der Waals surface area contributed by atoms with E-state index in [9.17, 15) is 14.3 Å². The third-order valence-corrected chi connectivity index (χ3v) is 7.51. The lowest BCUT2D eigenvalue weighted by molar-refractivity contribution is -0.120. The van der Waals surface area contributed by atoms with E-state index in [1.165, 1.54) is 57.8 Å². The molecule has 1 N–H and O–H groups in total. The maximum absolute atomic E-state index is 12.3. The molecule has 220 valence electrons. The topological polar surface area (TPSA) is 85.3 Å². The Kier molecular flexibility index (Phi) is 19.7. The van der Waals surface area contributed by atoms with Gasteiger partial charge in [-0.3, -0.25) is 13.8 Å². The number of ketones is 1. The first-order valence-corrected chi connectivity index (χ1v) is 16.2. The largest absolute Gasteiger partial charge is 0.494 e. The predicted octanol–water partition coefficient (Wildman–Crippen LogP) is 7.60. The van der Waals surface area contributed by atoms with Gasteiger partial charge in [-0.1, -0.05) is 83.8 Å². The minimum atomic E-state index is -4.16. The average Bonchev–Trinajstić information content (AvgIpc) is 2.86. The second-order valence-electron chi connectivity index (χ2n) is 10.6. The van der Waals surface area contributed by atoms with E-state index in [0.29, 0.717) is 25.8 Å². The van der Waals surface area contributed by atoms with Crippen LogP contribution in [-0.2, 0) is 24.8 Å². The zero-order valence-electron chi connectivity index (χ0n) is 24.5. The Bertz CT molecular complexity index is 771. The molecule has 0 heterocycles. The lowest BCUT2D eigenvalue weighted by Crippen LogP contribution is -2.19. The molecule has 7 nitrogen and oxygen atoms in total. The van der Waals surface area contributed by atoms with E-state index in [4.69, 9.17) is 13.8 Å². The third kappa shape index (κ3) is 18.9. The average molecular weight is 556 g/mol. The summed E-state index contributed by atoms with van der Waals surface area (Å²) in [5.74, 6) is 0.776. The van der Waals surface area contributed by atoms with Crippen molar-refractivity contribution in [2.24, 2.45) is 5.92 Å². The summed E-state index contributed by atoms with van der Waals surface area (Å²) in [6, 6.07) is 7.91. The van der Waals surface area contributed by atoms with Gasteiger partial charge in [0.2, 0.25) is 0 Å². The van der Waals surface area contributed by atoms with E-state index in [1.54, 1.807) is 0 Å². The highest BCUT2D eigenvalue weighted by Gasteiger charge is 2.24. The first kappa shape index (κ1) is 34.8. The number of likely N-dealkylation sites (N-methyl/N-ethyl adjacent to an activating group) is 1. The fourth-order valence-corrected chi connectivity index (χ4v) is 5.09. The van der Waals surface area contributed by atoms with Crippen molar-refractivity contribution in [2.75, 3.05) is 40.5 Å². The van der Waals surface area contributed by atoms with Crippen molar-refractivity contribution < 1.29 is 28.0 Å². The van der Waals surface area contributed by atoms with Gasteiger partial charge in [0.15, 0.2) is 0 Å². The van der Waals surface area contributed by atoms with Crippen molar-refractivity contribution in [2.45, 2.75) is 104 Å². The number of nitrogens with zero attached hydrogens (tertiary/aromatic N) is 1. The van der Waals surface area contributed by atoms with Crippen molar-refractivity contribution in [1.82, 2.24) is 4.90 Å². The molecule has 38 heavy (non-hydrogen) atoms. The molecule has 1 aromatic carbocycles. The van der Waals surface area contributed by atoms with Gasteiger partial charge in [0.1, 0.15) is 11.5 Å². The van der Waals surface area contributed by atoms with Gasteiger partial charge in [0.05, 0.1) is 19.8 Å². The quantitative estimate of drug-likeness (QED) is 0.0982. The van der Waals surface area contributed by atoms with Crippen LogP contribution in [0.3, 0.4) is 0 Å². The summed E-state index contributed by atoms with van der Waals surface area (Å²) in [4.78, 5) is 24.2. The fraction of sp³-hybridized carbons (Fsp3) is 0.767. The second kappa shape index (κ2) is 21.6. The Morgan fingerprint density at radius 1 is 0.868 bits per heavy atom. The Hall–Kier alpha value is -1.24. The minimum absolute atomic E-state index is 0.0117. The lowest BCUT2D eigenvalue weighted by Gasteiger charge is -2.19. The van der Waals surface area contributed by atoms with E-state index in [2.05, 4.69) is 6.92 Å². The van der Waals surface area contributed by atoms with E-state index in [0.717, 1.165) is 30.8 Å². The molecule has 0 aliphatic rings. The van der Waals surface area contributed by atoms with Crippen molar-refractivity contribution in [3.8, 4) is 5.75 Å². The van der Waals surface area contributed by atoms with Crippen molar-refractivity contribution in [3.63, 3.8) is 0 Å². The molecule has 0 radical (unpaired) electrons. The van der Waals surface area contributed by atoms with Crippen LogP contribution < -0.4 is 4.74 Å². The van der Waals surface area contributed by atoms with Crippen LogP contribution in [0, 0.1) is 5.92 Å². The molecule has 0 bridgehead atoms. The lowest BCUT2D eigenvalue weighted by atomic mass is 9.94. The molecule has 0 aromatic heterocycles. The van der Waals surface area contributed by atoms with Gasteiger partial charge in [-0.05, 0) is 57.0 Å². The Morgan fingerprint density at radius 3 is 2.05 bits per heavy atom. The molecule has 0 saturated heterocycles. The van der Waals surface area contributed by atoms with Gasteiger partial charge < -0.3 is 14.5 Å². The van der Waals surface area contributed by atoms with E-state index < -0.39 is 7.82 Å². The monoisotopic (exact) mass is 555 g/mol. The summed E-state index contributed by atoms with van der Waals surface area (Å²) >= 11 is 0. The highest BCUT2D eigenvalue weighted by Crippen LogP contribution is 2.43.